The third-order valence-corrected chi connectivity index (χ3v) is 3.42. The Balaban J connectivity index is 2.18. The fraction of sp³-hybridized carbons (Fsp3) is 0.0667. The van der Waals surface area contributed by atoms with E-state index in [1.165, 1.54) is 24.4 Å². The molecule has 24 heavy (non-hydrogen) atoms. The SMILES string of the molecule is CNc1ccc(C=NNc2ccc(Cl)c(C(=O)O)c2)cc1[N+](=O)[O-]. The topological polar surface area (TPSA) is 117 Å². The molecule has 2 aromatic carbocycles. The lowest BCUT2D eigenvalue weighted by molar-refractivity contribution is -0.383. The second kappa shape index (κ2) is 7.42. The van der Waals surface area contributed by atoms with Gasteiger partial charge in [0, 0.05) is 18.7 Å². The van der Waals surface area contributed by atoms with Gasteiger partial charge >= 0.3 is 5.97 Å². The van der Waals surface area contributed by atoms with Crippen LogP contribution in [0.3, 0.4) is 0 Å². The number of carboxylic acid groups (broad SMARTS) is 1. The zero-order valence-electron chi connectivity index (χ0n) is 12.5. The van der Waals surface area contributed by atoms with Crippen molar-refractivity contribution in [3.63, 3.8) is 0 Å². The molecule has 0 fully saturated rings. The molecular weight excluding hydrogens is 336 g/mol. The second-order valence-electron chi connectivity index (χ2n) is 4.65. The molecule has 0 aromatic heterocycles. The van der Waals surface area contributed by atoms with Gasteiger partial charge in [-0.2, -0.15) is 5.10 Å². The molecule has 0 aliphatic rings. The van der Waals surface area contributed by atoms with Gasteiger partial charge in [-0.25, -0.2) is 4.79 Å². The minimum absolute atomic E-state index is 0.0501. The second-order valence-corrected chi connectivity index (χ2v) is 5.06. The number of carbonyl (C=O) groups is 1. The molecule has 2 rings (SSSR count). The smallest absolute Gasteiger partial charge is 0.337 e. The molecule has 3 N–H and O–H groups in total. The van der Waals surface area contributed by atoms with Crippen LogP contribution in [0.25, 0.3) is 0 Å². The molecule has 2 aromatic rings. The summed E-state index contributed by atoms with van der Waals surface area (Å²) in [6.45, 7) is 0. The molecule has 0 radical (unpaired) electrons. The molecular formula is C15H13ClN4O4. The standard InChI is InChI=1S/C15H13ClN4O4/c1-17-13-5-2-9(6-14(13)20(23)24)8-18-19-10-3-4-12(16)11(7-10)15(21)22/h2-8,17,19H,1H3,(H,21,22). The highest BCUT2D eigenvalue weighted by Gasteiger charge is 2.12. The minimum Gasteiger partial charge on any atom is -0.478 e. The normalized spacial score (nSPS) is 10.6. The number of carboxylic acids is 1. The van der Waals surface area contributed by atoms with Gasteiger partial charge in [-0.05, 0) is 24.3 Å². The number of benzene rings is 2. The van der Waals surface area contributed by atoms with Crippen LogP contribution in [-0.2, 0) is 0 Å². The quantitative estimate of drug-likeness (QED) is 0.418. The largest absolute Gasteiger partial charge is 0.478 e. The van der Waals surface area contributed by atoms with Crippen LogP contribution in [0.15, 0.2) is 41.5 Å². The third kappa shape index (κ3) is 3.99. The van der Waals surface area contributed by atoms with E-state index >= 15 is 0 Å². The van der Waals surface area contributed by atoms with Gasteiger partial charge in [-0.15, -0.1) is 0 Å². The first-order chi connectivity index (χ1) is 11.4. The number of hydrogen-bond acceptors (Lipinski definition) is 6. The van der Waals surface area contributed by atoms with E-state index in [-0.39, 0.29) is 16.3 Å². The Hall–Kier alpha value is -3.13. The van der Waals surface area contributed by atoms with E-state index < -0.39 is 10.9 Å². The highest BCUT2D eigenvalue weighted by Crippen LogP contribution is 2.24. The van der Waals surface area contributed by atoms with Crippen molar-refractivity contribution in [2.24, 2.45) is 5.10 Å². The van der Waals surface area contributed by atoms with Gasteiger partial charge in [-0.1, -0.05) is 17.7 Å². The van der Waals surface area contributed by atoms with Crippen LogP contribution in [0.5, 0.6) is 0 Å². The molecule has 0 atom stereocenters. The van der Waals surface area contributed by atoms with Gasteiger partial charge in [-0.3, -0.25) is 15.5 Å². The summed E-state index contributed by atoms with van der Waals surface area (Å²) in [5, 5.41) is 26.8. The molecule has 0 bridgehead atoms. The third-order valence-electron chi connectivity index (χ3n) is 3.09. The summed E-state index contributed by atoms with van der Waals surface area (Å²) in [6.07, 6.45) is 1.39. The average Bonchev–Trinajstić information content (AvgIpc) is 2.56. The van der Waals surface area contributed by atoms with Gasteiger partial charge in [0.25, 0.3) is 5.69 Å². The Morgan fingerprint density at radius 3 is 2.71 bits per heavy atom. The summed E-state index contributed by atoms with van der Waals surface area (Å²) in [4.78, 5) is 21.5. The molecule has 0 amide bonds. The summed E-state index contributed by atoms with van der Waals surface area (Å²) in [7, 11) is 1.60. The predicted molar refractivity (Wildman–Crippen MR) is 92.3 cm³/mol. The van der Waals surface area contributed by atoms with Crippen molar-refractivity contribution < 1.29 is 14.8 Å². The highest BCUT2D eigenvalue weighted by molar-refractivity contribution is 6.33. The van der Waals surface area contributed by atoms with Crippen molar-refractivity contribution in [1.82, 2.24) is 0 Å². The van der Waals surface area contributed by atoms with Crippen molar-refractivity contribution in [3.05, 3.63) is 62.7 Å². The molecule has 0 spiro atoms. The zero-order chi connectivity index (χ0) is 17.7. The molecule has 0 heterocycles. The van der Waals surface area contributed by atoms with E-state index in [1.54, 1.807) is 25.2 Å². The van der Waals surface area contributed by atoms with Gasteiger partial charge in [0.2, 0.25) is 0 Å². The lowest BCUT2D eigenvalue weighted by Gasteiger charge is -2.04. The minimum atomic E-state index is -1.15. The van der Waals surface area contributed by atoms with Gasteiger partial charge < -0.3 is 10.4 Å². The van der Waals surface area contributed by atoms with E-state index in [9.17, 15) is 14.9 Å². The fourth-order valence-electron chi connectivity index (χ4n) is 1.93. The monoisotopic (exact) mass is 348 g/mol. The predicted octanol–water partition coefficient (Wildman–Crippen LogP) is 3.43. The first-order valence-corrected chi connectivity index (χ1v) is 7.08. The Morgan fingerprint density at radius 2 is 2.08 bits per heavy atom. The average molecular weight is 349 g/mol. The molecule has 8 nitrogen and oxygen atoms in total. The number of aromatic carboxylic acids is 1. The van der Waals surface area contributed by atoms with Crippen molar-refractivity contribution in [2.45, 2.75) is 0 Å². The van der Waals surface area contributed by atoms with E-state index in [0.717, 1.165) is 0 Å². The van der Waals surface area contributed by atoms with Gasteiger partial charge in [0.1, 0.15) is 5.69 Å². The molecule has 0 aliphatic heterocycles. The zero-order valence-corrected chi connectivity index (χ0v) is 13.2. The maximum absolute atomic E-state index is 11.0. The highest BCUT2D eigenvalue weighted by atomic mass is 35.5. The number of nitrogens with zero attached hydrogens (tertiary/aromatic N) is 2. The summed E-state index contributed by atoms with van der Waals surface area (Å²) < 4.78 is 0. The van der Waals surface area contributed by atoms with Crippen LogP contribution < -0.4 is 10.7 Å². The van der Waals surface area contributed by atoms with E-state index in [0.29, 0.717) is 16.9 Å². The number of nitro groups is 1. The number of nitrogens with one attached hydrogen (secondary N) is 2. The van der Waals surface area contributed by atoms with Crippen molar-refractivity contribution >= 4 is 40.8 Å². The first kappa shape index (κ1) is 17.2. The van der Waals surface area contributed by atoms with Crippen LogP contribution in [-0.4, -0.2) is 29.3 Å². The van der Waals surface area contributed by atoms with Crippen LogP contribution >= 0.6 is 11.6 Å². The summed E-state index contributed by atoms with van der Waals surface area (Å²) in [5.74, 6) is -1.15. The van der Waals surface area contributed by atoms with Crippen LogP contribution in [0.1, 0.15) is 15.9 Å². The number of nitro benzene ring substituents is 1. The van der Waals surface area contributed by atoms with Crippen molar-refractivity contribution in [3.8, 4) is 0 Å². The lowest BCUT2D eigenvalue weighted by Crippen LogP contribution is -2.00. The van der Waals surface area contributed by atoms with Gasteiger partial charge in [0.05, 0.1) is 27.4 Å². The van der Waals surface area contributed by atoms with Crippen molar-refractivity contribution in [2.75, 3.05) is 17.8 Å². The number of halogens is 1. The Labute approximate surface area is 141 Å². The number of rotatable bonds is 6. The Bertz CT molecular complexity index is 823. The molecule has 0 saturated carbocycles. The lowest BCUT2D eigenvalue weighted by atomic mass is 10.2. The first-order valence-electron chi connectivity index (χ1n) is 6.70. The van der Waals surface area contributed by atoms with Crippen molar-refractivity contribution in [1.29, 1.82) is 0 Å². The number of hydrazone groups is 1. The Kier molecular flexibility index (Phi) is 5.33. The molecule has 0 saturated heterocycles. The van der Waals surface area contributed by atoms with E-state index in [1.807, 2.05) is 0 Å². The molecule has 124 valence electrons. The maximum Gasteiger partial charge on any atom is 0.337 e. The molecule has 0 aliphatic carbocycles. The van der Waals surface area contributed by atoms with Gasteiger partial charge in [0.15, 0.2) is 0 Å². The van der Waals surface area contributed by atoms with Crippen LogP contribution in [0, 0.1) is 10.1 Å². The van der Waals surface area contributed by atoms with E-state index in [4.69, 9.17) is 16.7 Å². The number of anilines is 2. The van der Waals surface area contributed by atoms with Crippen LogP contribution in [0.4, 0.5) is 17.1 Å². The maximum atomic E-state index is 11.0. The summed E-state index contributed by atoms with van der Waals surface area (Å²) in [6, 6.07) is 8.96. The number of hydrogen-bond donors (Lipinski definition) is 3. The van der Waals surface area contributed by atoms with Crippen LogP contribution in [0.2, 0.25) is 5.02 Å². The fourth-order valence-corrected chi connectivity index (χ4v) is 2.13. The summed E-state index contributed by atoms with van der Waals surface area (Å²) in [5.41, 5.74) is 3.87. The Morgan fingerprint density at radius 1 is 1.33 bits per heavy atom. The molecule has 9 heteroatoms. The molecule has 0 unspecified atom stereocenters. The van der Waals surface area contributed by atoms with E-state index in [2.05, 4.69) is 15.8 Å². The summed E-state index contributed by atoms with van der Waals surface area (Å²) >= 11 is 5.78.